The predicted octanol–water partition coefficient (Wildman–Crippen LogP) is 4.61. The Bertz CT molecular complexity index is 564. The average molecular weight is 269 g/mol. The molecule has 0 N–H and O–H groups in total. The Balaban J connectivity index is 2.65. The Labute approximate surface area is 108 Å². The Morgan fingerprint density at radius 1 is 1.06 bits per heavy atom. The molecule has 0 saturated heterocycles. The SMILES string of the molecule is O=Cc1c(Cl)cc(Cl)cc1-c1ccc(F)cc1. The Kier molecular flexibility index (Phi) is 3.46. The molecular formula is C13H7Cl2FO. The molecule has 2 aromatic carbocycles. The molecule has 0 fully saturated rings. The first-order valence-electron chi connectivity index (χ1n) is 4.82. The van der Waals surface area contributed by atoms with Gasteiger partial charge >= 0.3 is 0 Å². The molecule has 0 radical (unpaired) electrons. The second-order valence-corrected chi connectivity index (χ2v) is 4.32. The Morgan fingerprint density at radius 3 is 2.29 bits per heavy atom. The van der Waals surface area contributed by atoms with E-state index in [0.29, 0.717) is 28.0 Å². The van der Waals surface area contributed by atoms with Gasteiger partial charge in [-0.15, -0.1) is 0 Å². The lowest BCUT2D eigenvalue weighted by atomic mass is 10.0. The number of hydrogen-bond acceptors (Lipinski definition) is 1. The van der Waals surface area contributed by atoms with E-state index in [1.165, 1.54) is 18.2 Å². The fourth-order valence-corrected chi connectivity index (χ4v) is 2.11. The van der Waals surface area contributed by atoms with Crippen LogP contribution in [0.25, 0.3) is 11.1 Å². The summed E-state index contributed by atoms with van der Waals surface area (Å²) in [4.78, 5) is 11.0. The van der Waals surface area contributed by atoms with E-state index in [1.54, 1.807) is 18.2 Å². The van der Waals surface area contributed by atoms with Crippen molar-refractivity contribution >= 4 is 29.5 Å². The van der Waals surface area contributed by atoms with Crippen molar-refractivity contribution in [1.29, 1.82) is 0 Å². The van der Waals surface area contributed by atoms with Crippen LogP contribution < -0.4 is 0 Å². The molecule has 0 atom stereocenters. The maximum atomic E-state index is 12.8. The van der Waals surface area contributed by atoms with Crippen LogP contribution in [0.5, 0.6) is 0 Å². The van der Waals surface area contributed by atoms with Crippen molar-refractivity contribution in [1.82, 2.24) is 0 Å². The Hall–Kier alpha value is -1.38. The summed E-state index contributed by atoms with van der Waals surface area (Å²) in [5.74, 6) is -0.338. The molecule has 0 aliphatic heterocycles. The molecule has 1 nitrogen and oxygen atoms in total. The van der Waals surface area contributed by atoms with Crippen molar-refractivity contribution in [3.63, 3.8) is 0 Å². The van der Waals surface area contributed by atoms with Gasteiger partial charge in [-0.05, 0) is 35.4 Å². The van der Waals surface area contributed by atoms with E-state index < -0.39 is 0 Å². The second-order valence-electron chi connectivity index (χ2n) is 3.47. The van der Waals surface area contributed by atoms with Gasteiger partial charge in [0.2, 0.25) is 0 Å². The van der Waals surface area contributed by atoms with E-state index >= 15 is 0 Å². The van der Waals surface area contributed by atoms with Crippen LogP contribution in [0.4, 0.5) is 4.39 Å². The molecule has 2 rings (SSSR count). The average Bonchev–Trinajstić information content (AvgIpc) is 2.29. The van der Waals surface area contributed by atoms with Crippen LogP contribution in [0, 0.1) is 5.82 Å². The van der Waals surface area contributed by atoms with E-state index in [9.17, 15) is 9.18 Å². The highest BCUT2D eigenvalue weighted by molar-refractivity contribution is 6.37. The number of rotatable bonds is 2. The third-order valence-corrected chi connectivity index (χ3v) is 2.90. The minimum atomic E-state index is -0.338. The molecule has 4 heteroatoms. The largest absolute Gasteiger partial charge is 0.298 e. The fraction of sp³-hybridized carbons (Fsp3) is 0. The van der Waals surface area contributed by atoms with Crippen LogP contribution in [-0.4, -0.2) is 6.29 Å². The van der Waals surface area contributed by atoms with Crippen molar-refractivity contribution in [3.05, 3.63) is 57.8 Å². The van der Waals surface area contributed by atoms with Gasteiger partial charge in [-0.2, -0.15) is 0 Å². The number of aldehydes is 1. The summed E-state index contributed by atoms with van der Waals surface area (Å²) in [7, 11) is 0. The summed E-state index contributed by atoms with van der Waals surface area (Å²) in [6.07, 6.45) is 0.664. The summed E-state index contributed by atoms with van der Waals surface area (Å²) in [5.41, 5.74) is 1.64. The minimum Gasteiger partial charge on any atom is -0.298 e. The van der Waals surface area contributed by atoms with E-state index in [0.717, 1.165) is 0 Å². The summed E-state index contributed by atoms with van der Waals surface area (Å²) < 4.78 is 12.8. The van der Waals surface area contributed by atoms with Crippen LogP contribution >= 0.6 is 23.2 Å². The van der Waals surface area contributed by atoms with E-state index in [-0.39, 0.29) is 10.8 Å². The number of benzene rings is 2. The number of halogens is 3. The second kappa shape index (κ2) is 4.86. The van der Waals surface area contributed by atoms with Crippen molar-refractivity contribution < 1.29 is 9.18 Å². The van der Waals surface area contributed by atoms with Gasteiger partial charge in [0.05, 0.1) is 5.02 Å². The predicted molar refractivity (Wildman–Crippen MR) is 67.2 cm³/mol. The summed E-state index contributed by atoms with van der Waals surface area (Å²) in [5, 5.41) is 0.715. The normalized spacial score (nSPS) is 10.3. The zero-order chi connectivity index (χ0) is 12.4. The standard InChI is InChI=1S/C13H7Cl2FO/c14-9-5-11(12(7-17)13(15)6-9)8-1-3-10(16)4-2-8/h1-7H. The summed E-state index contributed by atoms with van der Waals surface area (Å²) >= 11 is 11.8. The molecule has 0 unspecified atom stereocenters. The van der Waals surface area contributed by atoms with Crippen molar-refractivity contribution in [2.45, 2.75) is 0 Å². The molecular weight excluding hydrogens is 262 g/mol. The van der Waals surface area contributed by atoms with Crippen LogP contribution in [0.3, 0.4) is 0 Å². The first kappa shape index (κ1) is 12.1. The number of carbonyl (C=O) groups excluding carboxylic acids is 1. The molecule has 0 aliphatic rings. The molecule has 0 saturated carbocycles. The zero-order valence-electron chi connectivity index (χ0n) is 8.58. The van der Waals surface area contributed by atoms with E-state index in [4.69, 9.17) is 23.2 Å². The van der Waals surface area contributed by atoms with Gasteiger partial charge in [-0.1, -0.05) is 35.3 Å². The first-order valence-corrected chi connectivity index (χ1v) is 5.57. The Morgan fingerprint density at radius 2 is 1.71 bits per heavy atom. The van der Waals surface area contributed by atoms with Gasteiger partial charge in [0.1, 0.15) is 5.82 Å². The molecule has 0 aromatic heterocycles. The van der Waals surface area contributed by atoms with Gasteiger partial charge in [0.15, 0.2) is 6.29 Å². The van der Waals surface area contributed by atoms with Crippen molar-refractivity contribution in [2.24, 2.45) is 0 Å². The highest BCUT2D eigenvalue weighted by atomic mass is 35.5. The number of hydrogen-bond donors (Lipinski definition) is 0. The molecule has 0 bridgehead atoms. The topological polar surface area (TPSA) is 17.1 Å². The molecule has 17 heavy (non-hydrogen) atoms. The molecule has 0 amide bonds. The maximum absolute atomic E-state index is 12.8. The lowest BCUT2D eigenvalue weighted by molar-refractivity contribution is 0.112. The van der Waals surface area contributed by atoms with Crippen LogP contribution in [0.1, 0.15) is 10.4 Å². The van der Waals surface area contributed by atoms with Crippen LogP contribution in [-0.2, 0) is 0 Å². The highest BCUT2D eigenvalue weighted by Crippen LogP contribution is 2.31. The van der Waals surface area contributed by atoms with Gasteiger partial charge in [-0.25, -0.2) is 4.39 Å². The molecule has 0 heterocycles. The molecule has 86 valence electrons. The van der Waals surface area contributed by atoms with Gasteiger partial charge in [0, 0.05) is 10.6 Å². The van der Waals surface area contributed by atoms with Crippen LogP contribution in [0.15, 0.2) is 36.4 Å². The van der Waals surface area contributed by atoms with E-state index in [1.807, 2.05) is 0 Å². The molecule has 0 spiro atoms. The van der Waals surface area contributed by atoms with E-state index in [2.05, 4.69) is 0 Å². The lowest BCUT2D eigenvalue weighted by Crippen LogP contribution is -1.90. The monoisotopic (exact) mass is 268 g/mol. The third-order valence-electron chi connectivity index (χ3n) is 2.37. The van der Waals surface area contributed by atoms with Crippen molar-refractivity contribution in [2.75, 3.05) is 0 Å². The maximum Gasteiger partial charge on any atom is 0.152 e. The smallest absolute Gasteiger partial charge is 0.152 e. The third kappa shape index (κ3) is 2.48. The quantitative estimate of drug-likeness (QED) is 0.727. The fourth-order valence-electron chi connectivity index (χ4n) is 1.57. The molecule has 2 aromatic rings. The lowest BCUT2D eigenvalue weighted by Gasteiger charge is -2.07. The first-order chi connectivity index (χ1) is 8.11. The molecule has 0 aliphatic carbocycles. The van der Waals surface area contributed by atoms with Gasteiger partial charge in [-0.3, -0.25) is 4.79 Å². The summed E-state index contributed by atoms with van der Waals surface area (Å²) in [6.45, 7) is 0. The number of carbonyl (C=O) groups is 1. The zero-order valence-corrected chi connectivity index (χ0v) is 10.1. The van der Waals surface area contributed by atoms with Gasteiger partial charge in [0.25, 0.3) is 0 Å². The summed E-state index contributed by atoms with van der Waals surface area (Å²) in [6, 6.07) is 8.91. The minimum absolute atomic E-state index is 0.284. The van der Waals surface area contributed by atoms with Gasteiger partial charge < -0.3 is 0 Å². The van der Waals surface area contributed by atoms with Crippen LogP contribution in [0.2, 0.25) is 10.0 Å². The highest BCUT2D eigenvalue weighted by Gasteiger charge is 2.10. The van der Waals surface area contributed by atoms with Crippen molar-refractivity contribution in [3.8, 4) is 11.1 Å².